The zero-order valence-electron chi connectivity index (χ0n) is 8.85. The number of hydrogen-bond acceptors (Lipinski definition) is 0. The van der Waals surface area contributed by atoms with E-state index in [0.717, 1.165) is 6.42 Å². The summed E-state index contributed by atoms with van der Waals surface area (Å²) in [4.78, 5) is 0. The Hall–Kier alpha value is 0.423. The molecule has 0 fully saturated rings. The molecule has 1 unspecified atom stereocenters. The Labute approximate surface area is 123 Å². The minimum Gasteiger partial charge on any atom is -1.00 e. The van der Waals surface area contributed by atoms with Gasteiger partial charge in [0.05, 0.1) is 0 Å². The molecule has 0 spiro atoms. The van der Waals surface area contributed by atoms with Crippen molar-refractivity contribution in [1.29, 1.82) is 0 Å². The maximum absolute atomic E-state index is 3.37. The molecule has 1 radical (unpaired) electrons. The van der Waals surface area contributed by atoms with Crippen molar-refractivity contribution in [3.8, 4) is 0 Å². The summed E-state index contributed by atoms with van der Waals surface area (Å²) < 4.78 is 0. The van der Waals surface area contributed by atoms with E-state index in [2.05, 4.69) is 44.2 Å². The molecule has 0 amide bonds. The van der Waals surface area contributed by atoms with Crippen LogP contribution in [0.1, 0.15) is 36.0 Å². The van der Waals surface area contributed by atoms with E-state index in [1.54, 1.807) is 0 Å². The fourth-order valence-corrected chi connectivity index (χ4v) is 1.75. The van der Waals surface area contributed by atoms with Gasteiger partial charge < -0.3 is 24.8 Å². The summed E-state index contributed by atoms with van der Waals surface area (Å²) in [5, 5.41) is 0. The maximum Gasteiger partial charge on any atom is 3.00 e. The monoisotopic (exact) mass is 317 g/mol. The minimum absolute atomic E-state index is 0. The molecular formula is C12H13Cl2Zr. The molecule has 79 valence electrons. The number of halogens is 2. The van der Waals surface area contributed by atoms with Gasteiger partial charge in [-0.3, -0.25) is 6.08 Å². The summed E-state index contributed by atoms with van der Waals surface area (Å²) in [7, 11) is 0. The summed E-state index contributed by atoms with van der Waals surface area (Å²) in [6, 6.07) is 6.65. The molecule has 0 aromatic heterocycles. The summed E-state index contributed by atoms with van der Waals surface area (Å²) in [6.07, 6.45) is 6.65. The van der Waals surface area contributed by atoms with Gasteiger partial charge in [0.2, 0.25) is 0 Å². The normalized spacial score (nSPS) is 15.7. The first-order valence-electron chi connectivity index (χ1n) is 4.51. The van der Waals surface area contributed by atoms with Crippen molar-refractivity contribution < 1.29 is 51.0 Å². The van der Waals surface area contributed by atoms with Gasteiger partial charge in [-0.05, 0) is 6.92 Å². The molecule has 2 rings (SSSR count). The van der Waals surface area contributed by atoms with Gasteiger partial charge in [0.15, 0.2) is 0 Å². The van der Waals surface area contributed by atoms with Gasteiger partial charge in [-0.15, -0.1) is 11.6 Å². The van der Waals surface area contributed by atoms with E-state index < -0.39 is 0 Å². The van der Waals surface area contributed by atoms with Crippen LogP contribution in [0.15, 0.2) is 18.2 Å². The molecular weight excluding hydrogens is 306 g/mol. The fraction of sp³-hybridized carbons (Fsp3) is 0.333. The Morgan fingerprint density at radius 2 is 1.93 bits per heavy atom. The van der Waals surface area contributed by atoms with Crippen LogP contribution in [0.2, 0.25) is 0 Å². The van der Waals surface area contributed by atoms with Gasteiger partial charge in [-0.2, -0.15) is 5.56 Å². The molecule has 1 aliphatic carbocycles. The van der Waals surface area contributed by atoms with E-state index in [1.807, 2.05) is 0 Å². The number of fused-ring (bicyclic) bond motifs is 1. The summed E-state index contributed by atoms with van der Waals surface area (Å²) in [5.74, 6) is 0.542. The average molecular weight is 319 g/mol. The molecule has 0 N–H and O–H groups in total. The molecule has 0 aliphatic heterocycles. The molecule has 1 aliphatic rings. The minimum atomic E-state index is 0. The Bertz CT molecular complexity index is 334. The van der Waals surface area contributed by atoms with Crippen molar-refractivity contribution in [2.24, 2.45) is 0 Å². The zero-order chi connectivity index (χ0) is 8.55. The van der Waals surface area contributed by atoms with Gasteiger partial charge in [0.1, 0.15) is 0 Å². The van der Waals surface area contributed by atoms with Crippen molar-refractivity contribution in [2.45, 2.75) is 26.2 Å². The molecule has 0 bridgehead atoms. The number of allylic oxidation sites excluding steroid dienone is 1. The zero-order valence-corrected chi connectivity index (χ0v) is 12.8. The smallest absolute Gasteiger partial charge is 1.00 e. The van der Waals surface area contributed by atoms with Gasteiger partial charge >= 0.3 is 26.2 Å². The molecule has 1 aromatic carbocycles. The average Bonchev–Trinajstić information content (AvgIpc) is 2.46. The summed E-state index contributed by atoms with van der Waals surface area (Å²) >= 11 is 0. The summed E-state index contributed by atoms with van der Waals surface area (Å²) in [5.41, 5.74) is 4.15. The van der Waals surface area contributed by atoms with Gasteiger partial charge in [-0.25, -0.2) is 6.08 Å². The second-order valence-electron chi connectivity index (χ2n) is 3.40. The van der Waals surface area contributed by atoms with Crippen LogP contribution >= 0.6 is 0 Å². The van der Waals surface area contributed by atoms with Gasteiger partial charge in [0.25, 0.3) is 0 Å². The molecule has 1 atom stereocenters. The van der Waals surface area contributed by atoms with Crippen LogP contribution in [0.4, 0.5) is 0 Å². The predicted molar refractivity (Wildman–Crippen MR) is 51.9 cm³/mol. The molecule has 0 saturated carbocycles. The third kappa shape index (κ3) is 3.73. The van der Waals surface area contributed by atoms with E-state index in [9.17, 15) is 0 Å². The van der Waals surface area contributed by atoms with Gasteiger partial charge in [-0.1, -0.05) is 37.0 Å². The quantitative estimate of drug-likeness (QED) is 0.495. The topological polar surface area (TPSA) is 0 Å². The molecule has 0 saturated heterocycles. The first-order valence-corrected chi connectivity index (χ1v) is 4.51. The first-order chi connectivity index (χ1) is 5.81. The molecule has 15 heavy (non-hydrogen) atoms. The Balaban J connectivity index is 0. The third-order valence-electron chi connectivity index (χ3n) is 2.47. The second kappa shape index (κ2) is 7.66. The van der Waals surface area contributed by atoms with Crippen LogP contribution < -0.4 is 24.8 Å². The van der Waals surface area contributed by atoms with E-state index in [4.69, 9.17) is 0 Å². The second-order valence-corrected chi connectivity index (χ2v) is 3.40. The number of aryl methyl sites for hydroxylation is 1. The Kier molecular flexibility index (Phi) is 9.09. The van der Waals surface area contributed by atoms with Crippen molar-refractivity contribution in [3.63, 3.8) is 0 Å². The molecule has 3 heteroatoms. The molecule has 0 nitrogen and oxygen atoms in total. The Morgan fingerprint density at radius 1 is 1.27 bits per heavy atom. The predicted octanol–water partition coefficient (Wildman–Crippen LogP) is -2.68. The van der Waals surface area contributed by atoms with Crippen LogP contribution in [0, 0.1) is 13.0 Å². The summed E-state index contributed by atoms with van der Waals surface area (Å²) in [6.45, 7) is 4.34. The fourth-order valence-electron chi connectivity index (χ4n) is 1.75. The number of rotatable bonds is 1. The van der Waals surface area contributed by atoms with Crippen LogP contribution in [-0.2, 0) is 26.2 Å². The number of benzene rings is 1. The van der Waals surface area contributed by atoms with Crippen LogP contribution in [-0.4, -0.2) is 0 Å². The standard InChI is InChI=1S/C12H13.2ClH.Zr/c1-3-10-5-6-11-8-9(2)4-7-12(10)11;;;/h4,6-8,10H,3H2,1-2H3;2*1H;/q-1;;;+3/p-2. The third-order valence-corrected chi connectivity index (χ3v) is 2.47. The van der Waals surface area contributed by atoms with Crippen molar-refractivity contribution >= 4 is 6.08 Å². The molecule has 1 aromatic rings. The van der Waals surface area contributed by atoms with E-state index in [1.165, 1.54) is 16.7 Å². The van der Waals surface area contributed by atoms with Crippen molar-refractivity contribution in [1.82, 2.24) is 0 Å². The van der Waals surface area contributed by atoms with Crippen molar-refractivity contribution in [3.05, 3.63) is 41.0 Å². The van der Waals surface area contributed by atoms with E-state index in [-0.39, 0.29) is 51.0 Å². The van der Waals surface area contributed by atoms with E-state index >= 15 is 0 Å². The van der Waals surface area contributed by atoms with Crippen LogP contribution in [0.3, 0.4) is 0 Å². The van der Waals surface area contributed by atoms with E-state index in [0.29, 0.717) is 5.92 Å². The largest absolute Gasteiger partial charge is 3.00 e. The Morgan fingerprint density at radius 3 is 2.53 bits per heavy atom. The van der Waals surface area contributed by atoms with Crippen molar-refractivity contribution in [2.75, 3.05) is 0 Å². The molecule has 0 heterocycles. The maximum atomic E-state index is 3.37. The van der Waals surface area contributed by atoms with Crippen LogP contribution in [0.25, 0.3) is 6.08 Å². The number of hydrogen-bond donors (Lipinski definition) is 0. The SMILES string of the molecule is CCC1[C-]=Cc2cc(C)ccc21.[Cl-].[Cl-].[Zr+3]. The van der Waals surface area contributed by atoms with Gasteiger partial charge in [0, 0.05) is 0 Å². The first kappa shape index (κ1) is 17.8. The van der Waals surface area contributed by atoms with Crippen LogP contribution in [0.5, 0.6) is 0 Å².